The van der Waals surface area contributed by atoms with Crippen LogP contribution in [0.3, 0.4) is 0 Å². The molecule has 1 aromatic carbocycles. The average Bonchev–Trinajstić information content (AvgIpc) is 2.40. The van der Waals surface area contributed by atoms with Crippen molar-refractivity contribution < 1.29 is 4.11 Å². The van der Waals surface area contributed by atoms with Gasteiger partial charge in [0.15, 0.2) is 0 Å². The summed E-state index contributed by atoms with van der Waals surface area (Å²) in [6.07, 6.45) is 0. The van der Waals surface area contributed by atoms with Crippen molar-refractivity contribution in [3.8, 4) is 0 Å². The SMILES string of the molecule is CC(C)(C)[Si](C)(C)N1[Si](F)(c2ccccc2)N[Si]1(C(C)(C)C)C(C)(C)C. The van der Waals surface area contributed by atoms with Gasteiger partial charge >= 0.3 is 8.73 Å². The molecule has 0 bridgehead atoms. The zero-order valence-corrected chi connectivity index (χ0v) is 21.7. The van der Waals surface area contributed by atoms with Gasteiger partial charge < -0.3 is 8.54 Å². The molecule has 0 amide bonds. The Labute approximate surface area is 164 Å². The Kier molecular flexibility index (Phi) is 5.17. The number of hydrogen-bond donors (Lipinski definition) is 1. The van der Waals surface area contributed by atoms with Gasteiger partial charge in [0.25, 0.3) is 0 Å². The Hall–Kier alpha value is -0.279. The van der Waals surface area contributed by atoms with E-state index in [0.717, 1.165) is 5.19 Å². The zero-order valence-electron chi connectivity index (χ0n) is 18.7. The number of nitrogens with zero attached hydrogens (tertiary/aromatic N) is 1. The summed E-state index contributed by atoms with van der Waals surface area (Å²) in [4.78, 5) is 0. The molecule has 148 valence electrons. The van der Waals surface area contributed by atoms with E-state index < -0.39 is 25.4 Å². The standard InChI is InChI=1S/C20H39FN2Si3/c1-18(2,3)24(10,11)23-25(21,17-15-13-12-14-16-17)22-26(23,19(4,5)6)20(7,8)9/h12-16,22H,1-11H3. The van der Waals surface area contributed by atoms with Crippen LogP contribution in [0.25, 0.3) is 0 Å². The minimum absolute atomic E-state index is 0.0398. The number of nitrogens with one attached hydrogen (secondary N) is 1. The van der Waals surface area contributed by atoms with E-state index in [4.69, 9.17) is 0 Å². The van der Waals surface area contributed by atoms with Gasteiger partial charge in [-0.2, -0.15) is 0 Å². The molecule has 6 heteroatoms. The second-order valence-electron chi connectivity index (χ2n) is 11.5. The van der Waals surface area contributed by atoms with Crippen LogP contribution < -0.4 is 9.83 Å². The summed E-state index contributed by atoms with van der Waals surface area (Å²) in [5.41, 5.74) is 0. The molecule has 0 saturated carbocycles. The molecular formula is C20H39FN2Si3. The van der Waals surface area contributed by atoms with Gasteiger partial charge in [0, 0.05) is 5.19 Å². The summed E-state index contributed by atoms with van der Waals surface area (Å²) >= 11 is 0. The van der Waals surface area contributed by atoms with E-state index in [-0.39, 0.29) is 15.1 Å². The van der Waals surface area contributed by atoms with Crippen molar-refractivity contribution >= 4 is 30.6 Å². The Morgan fingerprint density at radius 2 is 1.27 bits per heavy atom. The number of hydrogen-bond acceptors (Lipinski definition) is 2. The Morgan fingerprint density at radius 3 is 1.62 bits per heavy atom. The van der Waals surface area contributed by atoms with Crippen molar-refractivity contribution in [2.24, 2.45) is 0 Å². The molecule has 0 spiro atoms. The monoisotopic (exact) mass is 410 g/mol. The van der Waals surface area contributed by atoms with Crippen LogP contribution in [0, 0.1) is 0 Å². The molecule has 1 aromatic rings. The topological polar surface area (TPSA) is 15.3 Å². The highest BCUT2D eigenvalue weighted by atomic mass is 28.6. The van der Waals surface area contributed by atoms with Crippen molar-refractivity contribution in [2.75, 3.05) is 0 Å². The Morgan fingerprint density at radius 1 is 0.846 bits per heavy atom. The summed E-state index contributed by atoms with van der Waals surface area (Å²) in [6.45, 7) is 25.6. The third kappa shape index (κ3) is 2.92. The predicted molar refractivity (Wildman–Crippen MR) is 120 cm³/mol. The van der Waals surface area contributed by atoms with Gasteiger partial charge in [-0.25, -0.2) is 0 Å². The smallest absolute Gasteiger partial charge is 0.314 e. The zero-order chi connectivity index (χ0) is 20.4. The summed E-state index contributed by atoms with van der Waals surface area (Å²) in [6, 6.07) is 9.91. The summed E-state index contributed by atoms with van der Waals surface area (Å²) < 4.78 is 23.2. The maximum Gasteiger partial charge on any atom is 0.414 e. The molecule has 0 radical (unpaired) electrons. The van der Waals surface area contributed by atoms with Gasteiger partial charge in [0.1, 0.15) is 8.24 Å². The largest absolute Gasteiger partial charge is 0.414 e. The van der Waals surface area contributed by atoms with Gasteiger partial charge in [0.05, 0.1) is 0 Å². The molecule has 2 nitrogen and oxygen atoms in total. The highest BCUT2D eigenvalue weighted by Crippen LogP contribution is 2.60. The van der Waals surface area contributed by atoms with Crippen molar-refractivity contribution in [2.45, 2.75) is 90.5 Å². The summed E-state index contributed by atoms with van der Waals surface area (Å²) in [5.74, 6) is 0. The van der Waals surface area contributed by atoms with Crippen LogP contribution in [0.15, 0.2) is 30.3 Å². The third-order valence-electron chi connectivity index (χ3n) is 6.71. The second-order valence-corrected chi connectivity index (χ2v) is 26.0. The number of benzene rings is 1. The third-order valence-corrected chi connectivity index (χ3v) is 28.2. The molecule has 1 fully saturated rings. The fourth-order valence-corrected chi connectivity index (χ4v) is 31.9. The number of halogens is 1. The molecule has 1 aliphatic rings. The molecule has 1 aliphatic heterocycles. The lowest BCUT2D eigenvalue weighted by atomic mass is 10.2. The summed E-state index contributed by atoms with van der Waals surface area (Å²) in [7, 11) is -7.78. The van der Waals surface area contributed by atoms with Crippen LogP contribution >= 0.6 is 0 Å². The first-order valence-electron chi connectivity index (χ1n) is 9.77. The average molecular weight is 411 g/mol. The maximum atomic E-state index is 16.9. The lowest BCUT2D eigenvalue weighted by molar-refractivity contribution is 0.455. The molecule has 26 heavy (non-hydrogen) atoms. The van der Waals surface area contributed by atoms with Crippen LogP contribution in [-0.2, 0) is 0 Å². The van der Waals surface area contributed by atoms with E-state index in [1.54, 1.807) is 0 Å². The Balaban J connectivity index is 2.78. The van der Waals surface area contributed by atoms with E-state index in [0.29, 0.717) is 0 Å². The molecule has 1 atom stereocenters. The predicted octanol–water partition coefficient (Wildman–Crippen LogP) is 5.75. The maximum absolute atomic E-state index is 16.9. The number of rotatable bonds is 2. The van der Waals surface area contributed by atoms with Gasteiger partial charge in [-0.15, -0.1) is 0 Å². The quantitative estimate of drug-likeness (QED) is 0.493. The first-order chi connectivity index (χ1) is 11.4. The van der Waals surface area contributed by atoms with Crippen molar-refractivity contribution in [1.29, 1.82) is 0 Å². The molecule has 1 heterocycles. The van der Waals surface area contributed by atoms with Crippen LogP contribution in [0.5, 0.6) is 0 Å². The van der Waals surface area contributed by atoms with E-state index in [1.165, 1.54) is 0 Å². The first-order valence-corrected chi connectivity index (χ1v) is 16.5. The van der Waals surface area contributed by atoms with E-state index >= 15 is 4.11 Å². The fourth-order valence-electron chi connectivity index (χ4n) is 4.70. The molecule has 1 unspecified atom stereocenters. The van der Waals surface area contributed by atoms with Gasteiger partial charge in [-0.3, -0.25) is 4.11 Å². The van der Waals surface area contributed by atoms with Crippen molar-refractivity contribution in [1.82, 2.24) is 8.54 Å². The minimum Gasteiger partial charge on any atom is -0.314 e. The van der Waals surface area contributed by atoms with Gasteiger partial charge in [-0.05, 0) is 15.1 Å². The molecule has 1 saturated heterocycles. The fraction of sp³-hybridized carbons (Fsp3) is 0.700. The van der Waals surface area contributed by atoms with Crippen molar-refractivity contribution in [3.05, 3.63) is 30.3 Å². The van der Waals surface area contributed by atoms with Crippen LogP contribution in [0.2, 0.25) is 28.2 Å². The van der Waals surface area contributed by atoms with Gasteiger partial charge in [-0.1, -0.05) is 106 Å². The molecular weight excluding hydrogens is 371 g/mol. The van der Waals surface area contributed by atoms with Crippen LogP contribution in [-0.4, -0.2) is 29.3 Å². The van der Waals surface area contributed by atoms with E-state index in [9.17, 15) is 0 Å². The molecule has 0 aromatic heterocycles. The van der Waals surface area contributed by atoms with E-state index in [2.05, 4.69) is 84.0 Å². The minimum atomic E-state index is -3.40. The Bertz CT molecular complexity index is 642. The normalized spacial score (nSPS) is 25.1. The lowest BCUT2D eigenvalue weighted by Gasteiger charge is -2.74. The van der Waals surface area contributed by atoms with Crippen LogP contribution in [0.1, 0.15) is 62.3 Å². The second kappa shape index (κ2) is 6.11. The molecule has 0 aliphatic carbocycles. The first kappa shape index (κ1) is 22.0. The highest BCUT2D eigenvalue weighted by molar-refractivity contribution is 7.19. The van der Waals surface area contributed by atoms with Gasteiger partial charge in [0.2, 0.25) is 8.40 Å². The van der Waals surface area contributed by atoms with Crippen LogP contribution in [0.4, 0.5) is 4.11 Å². The summed E-state index contributed by atoms with van der Waals surface area (Å²) in [5, 5.41) is 1.06. The lowest BCUT2D eigenvalue weighted by Crippen LogP contribution is -3.03. The molecule has 2 rings (SSSR count). The molecule has 1 N–H and O–H groups in total. The highest BCUT2D eigenvalue weighted by Gasteiger charge is 2.79. The van der Waals surface area contributed by atoms with Crippen molar-refractivity contribution in [3.63, 3.8) is 0 Å². The van der Waals surface area contributed by atoms with E-state index in [1.807, 2.05) is 30.3 Å².